The minimum atomic E-state index is -1.65. The van der Waals surface area contributed by atoms with Crippen LogP contribution in [0.3, 0.4) is 0 Å². The molecule has 3 N–H and O–H groups in total. The van der Waals surface area contributed by atoms with E-state index < -0.39 is 15.8 Å². The summed E-state index contributed by atoms with van der Waals surface area (Å²) in [5.74, 6) is -0.791. The molecule has 1 saturated heterocycles. The topological polar surface area (TPSA) is 38.0 Å². The number of carbonyl (C=O) groups excluding carboxylic acids is 1. The van der Waals surface area contributed by atoms with Crippen molar-refractivity contribution in [2.24, 2.45) is 0 Å². The quantitative estimate of drug-likeness (QED) is 0.594. The van der Waals surface area contributed by atoms with Gasteiger partial charge in [0.15, 0.2) is 0 Å². The van der Waals surface area contributed by atoms with Gasteiger partial charge in [-0.1, -0.05) is 65.1 Å². The summed E-state index contributed by atoms with van der Waals surface area (Å²) >= 11 is 18.6. The van der Waals surface area contributed by atoms with Gasteiger partial charge in [0.1, 0.15) is 38.5 Å². The number of nitrogens with one attached hydrogen (secondary N) is 3. The molecule has 1 fully saturated rings. The fourth-order valence-electron chi connectivity index (χ4n) is 3.51. The average Bonchev–Trinajstić information content (AvgIpc) is 2.67. The zero-order chi connectivity index (χ0) is 20.1. The molecule has 28 heavy (non-hydrogen) atoms. The largest absolute Gasteiger partial charge is 0.322 e. The van der Waals surface area contributed by atoms with Gasteiger partial charge in [0, 0.05) is 11.1 Å². The van der Waals surface area contributed by atoms with Crippen molar-refractivity contribution in [1.29, 1.82) is 0 Å². The van der Waals surface area contributed by atoms with Crippen LogP contribution in [-0.2, 0) is 6.54 Å². The molecule has 1 aliphatic heterocycles. The van der Waals surface area contributed by atoms with Crippen LogP contribution in [0.5, 0.6) is 0 Å². The molecule has 0 spiro atoms. The van der Waals surface area contributed by atoms with Crippen molar-refractivity contribution in [3.63, 3.8) is 0 Å². The van der Waals surface area contributed by atoms with Gasteiger partial charge in [-0.25, -0.2) is 4.39 Å². The predicted octanol–water partition coefficient (Wildman–Crippen LogP) is 1.24. The number of hydrogen-bond acceptors (Lipinski definition) is 1. The number of quaternary nitrogens is 2. The molecule has 1 heterocycles. The number of carbonyl (C=O) groups is 1. The molecule has 0 unspecified atom stereocenters. The third kappa shape index (κ3) is 5.82. The lowest BCUT2D eigenvalue weighted by molar-refractivity contribution is -1.03. The fourth-order valence-corrected chi connectivity index (χ4v) is 4.13. The van der Waals surface area contributed by atoms with E-state index in [9.17, 15) is 9.18 Å². The zero-order valence-electron chi connectivity index (χ0n) is 15.2. The summed E-state index contributed by atoms with van der Waals surface area (Å²) in [5, 5.41) is 2.82. The SMILES string of the molecule is O=C(N[C@@H]([NH+]1CC[NH+](Cc2ccccc2)CC1)C(Cl)(Cl)Cl)c1ccc(F)cc1. The van der Waals surface area contributed by atoms with Crippen molar-refractivity contribution in [2.75, 3.05) is 26.2 Å². The summed E-state index contributed by atoms with van der Waals surface area (Å²) in [6, 6.07) is 15.6. The minimum absolute atomic E-state index is 0.327. The molecule has 4 nitrogen and oxygen atoms in total. The normalized spacial score (nSPS) is 21.1. The number of rotatable bonds is 5. The Kier molecular flexibility index (Phi) is 7.18. The zero-order valence-corrected chi connectivity index (χ0v) is 17.5. The highest BCUT2D eigenvalue weighted by Crippen LogP contribution is 2.28. The second-order valence-electron chi connectivity index (χ2n) is 7.03. The van der Waals surface area contributed by atoms with Crippen LogP contribution in [-0.4, -0.2) is 42.0 Å². The molecule has 3 rings (SSSR count). The Labute approximate surface area is 179 Å². The van der Waals surface area contributed by atoms with E-state index in [0.29, 0.717) is 5.56 Å². The molecule has 0 radical (unpaired) electrons. The van der Waals surface area contributed by atoms with Crippen LogP contribution in [0.15, 0.2) is 54.6 Å². The molecule has 1 aliphatic rings. The Balaban J connectivity index is 1.61. The maximum Gasteiger partial charge on any atom is 0.262 e. The molecule has 0 aromatic heterocycles. The van der Waals surface area contributed by atoms with Crippen molar-refractivity contribution >= 4 is 40.7 Å². The van der Waals surface area contributed by atoms with E-state index >= 15 is 0 Å². The highest BCUT2D eigenvalue weighted by molar-refractivity contribution is 6.68. The van der Waals surface area contributed by atoms with Gasteiger partial charge in [-0.05, 0) is 24.3 Å². The summed E-state index contributed by atoms with van der Waals surface area (Å²) in [6.07, 6.45) is -0.687. The number of alkyl halides is 3. The molecular formula is C20H23Cl3FN3O+2. The second-order valence-corrected chi connectivity index (χ2v) is 9.39. The van der Waals surface area contributed by atoms with E-state index in [1.54, 1.807) is 0 Å². The lowest BCUT2D eigenvalue weighted by Crippen LogP contribution is -3.30. The van der Waals surface area contributed by atoms with Crippen molar-refractivity contribution in [3.05, 3.63) is 71.5 Å². The van der Waals surface area contributed by atoms with E-state index in [4.69, 9.17) is 34.8 Å². The van der Waals surface area contributed by atoms with E-state index in [-0.39, 0.29) is 5.91 Å². The Bertz CT molecular complexity index is 776. The number of hydrogen-bond donors (Lipinski definition) is 3. The second kappa shape index (κ2) is 9.42. The first-order valence-electron chi connectivity index (χ1n) is 9.18. The maximum absolute atomic E-state index is 13.1. The summed E-state index contributed by atoms with van der Waals surface area (Å²) in [7, 11) is 0. The number of piperazine rings is 1. The molecule has 0 bridgehead atoms. The smallest absolute Gasteiger partial charge is 0.262 e. The molecule has 0 aliphatic carbocycles. The van der Waals surface area contributed by atoms with Crippen molar-refractivity contribution in [2.45, 2.75) is 16.5 Å². The summed E-state index contributed by atoms with van der Waals surface area (Å²) in [6.45, 7) is 4.31. The number of halogens is 4. The van der Waals surface area contributed by atoms with Gasteiger partial charge in [-0.2, -0.15) is 0 Å². The Morgan fingerprint density at radius 3 is 2.18 bits per heavy atom. The van der Waals surface area contributed by atoms with Gasteiger partial charge in [-0.3, -0.25) is 10.1 Å². The van der Waals surface area contributed by atoms with Gasteiger partial charge in [0.05, 0.1) is 0 Å². The van der Waals surface area contributed by atoms with Gasteiger partial charge in [0.2, 0.25) is 6.17 Å². The molecule has 2 aromatic carbocycles. The molecule has 1 atom stereocenters. The Hall–Kier alpha value is -1.37. The Morgan fingerprint density at radius 2 is 1.61 bits per heavy atom. The van der Waals surface area contributed by atoms with Crippen LogP contribution < -0.4 is 15.1 Å². The first kappa shape index (κ1) is 21.3. The highest BCUT2D eigenvalue weighted by Gasteiger charge is 2.44. The van der Waals surface area contributed by atoms with E-state index in [1.807, 2.05) is 18.2 Å². The van der Waals surface area contributed by atoms with Crippen LogP contribution in [0.2, 0.25) is 0 Å². The third-order valence-electron chi connectivity index (χ3n) is 5.01. The molecule has 1 amide bonds. The van der Waals surface area contributed by atoms with Gasteiger partial charge >= 0.3 is 0 Å². The maximum atomic E-state index is 13.1. The van der Waals surface area contributed by atoms with Crippen LogP contribution in [0.4, 0.5) is 4.39 Å². The summed E-state index contributed by atoms with van der Waals surface area (Å²) in [4.78, 5) is 15.0. The van der Waals surface area contributed by atoms with Crippen LogP contribution in [0.25, 0.3) is 0 Å². The summed E-state index contributed by atoms with van der Waals surface area (Å²) in [5.41, 5.74) is 1.62. The molecular weight excluding hydrogens is 424 g/mol. The molecule has 2 aromatic rings. The van der Waals surface area contributed by atoms with E-state index in [2.05, 4.69) is 17.4 Å². The third-order valence-corrected chi connectivity index (χ3v) is 5.67. The van der Waals surface area contributed by atoms with Gasteiger partial charge in [-0.15, -0.1) is 0 Å². The number of benzene rings is 2. The minimum Gasteiger partial charge on any atom is -0.322 e. The van der Waals surface area contributed by atoms with Crippen LogP contribution in [0.1, 0.15) is 15.9 Å². The highest BCUT2D eigenvalue weighted by atomic mass is 35.6. The predicted molar refractivity (Wildman–Crippen MR) is 109 cm³/mol. The monoisotopic (exact) mass is 445 g/mol. The standard InChI is InChI=1S/C20H21Cl3FN3O/c21-20(22,23)19(25-18(28)16-6-8-17(24)9-7-16)27-12-10-26(11-13-27)14-15-4-2-1-3-5-15/h1-9,19H,10-14H2,(H,25,28)/p+2/t19-/m0/s1. The lowest BCUT2D eigenvalue weighted by atomic mass is 10.2. The lowest BCUT2D eigenvalue weighted by Gasteiger charge is -2.37. The van der Waals surface area contributed by atoms with Crippen LogP contribution >= 0.6 is 34.8 Å². The van der Waals surface area contributed by atoms with E-state index in [0.717, 1.165) is 37.6 Å². The van der Waals surface area contributed by atoms with Crippen LogP contribution in [0, 0.1) is 5.82 Å². The van der Waals surface area contributed by atoms with Gasteiger partial charge in [0.25, 0.3) is 9.70 Å². The van der Waals surface area contributed by atoms with Gasteiger partial charge < -0.3 is 9.80 Å². The average molecular weight is 447 g/mol. The molecule has 8 heteroatoms. The molecule has 150 valence electrons. The summed E-state index contributed by atoms with van der Waals surface area (Å²) < 4.78 is 11.4. The Morgan fingerprint density at radius 1 is 1.00 bits per heavy atom. The first-order chi connectivity index (χ1) is 13.3. The van der Waals surface area contributed by atoms with E-state index in [1.165, 1.54) is 34.7 Å². The number of amides is 1. The first-order valence-corrected chi connectivity index (χ1v) is 10.3. The van der Waals surface area contributed by atoms with Crippen molar-refractivity contribution in [1.82, 2.24) is 5.32 Å². The van der Waals surface area contributed by atoms with Crippen molar-refractivity contribution in [3.8, 4) is 0 Å². The van der Waals surface area contributed by atoms with Crippen molar-refractivity contribution < 1.29 is 19.0 Å². The molecule has 0 saturated carbocycles. The fraction of sp³-hybridized carbons (Fsp3) is 0.350.